The van der Waals surface area contributed by atoms with Crippen molar-refractivity contribution >= 4 is 96.9 Å². The molecule has 0 heterocycles. The summed E-state index contributed by atoms with van der Waals surface area (Å²) in [6.45, 7) is 3.58. The molecular formula is C48H94N4O5S6. The molecule has 4 N–H and O–H groups in total. The number of thioether (sulfide) groups is 3. The molecule has 0 aliphatic carbocycles. The quantitative estimate of drug-likeness (QED) is 0.0235. The van der Waals surface area contributed by atoms with E-state index in [1.807, 2.05) is 11.8 Å². The number of nitrogens with one attached hydrogen (secondary N) is 3. The molecule has 0 aliphatic rings. The maximum Gasteiger partial charge on any atom is 0.303 e. The Morgan fingerprint density at radius 2 is 0.794 bits per heavy atom. The van der Waals surface area contributed by atoms with Gasteiger partial charge in [-0.1, -0.05) is 128 Å². The summed E-state index contributed by atoms with van der Waals surface area (Å²) in [7, 11) is 0. The van der Waals surface area contributed by atoms with E-state index in [4.69, 9.17) is 5.11 Å². The summed E-state index contributed by atoms with van der Waals surface area (Å²) in [4.78, 5) is 51.9. The van der Waals surface area contributed by atoms with Crippen molar-refractivity contribution in [2.75, 3.05) is 85.3 Å². The van der Waals surface area contributed by atoms with Crippen LogP contribution in [0.3, 0.4) is 0 Å². The number of thiol groups is 3. The van der Waals surface area contributed by atoms with E-state index in [-0.39, 0.29) is 29.4 Å². The van der Waals surface area contributed by atoms with Crippen LogP contribution in [-0.2, 0) is 19.2 Å². The zero-order valence-corrected chi connectivity index (χ0v) is 44.7. The van der Waals surface area contributed by atoms with Crippen molar-refractivity contribution in [3.63, 3.8) is 0 Å². The van der Waals surface area contributed by atoms with Gasteiger partial charge in [-0.2, -0.15) is 61.4 Å². The summed E-state index contributed by atoms with van der Waals surface area (Å²) >= 11 is 18.1. The molecule has 0 aromatic rings. The van der Waals surface area contributed by atoms with Gasteiger partial charge in [0.1, 0.15) is 0 Å². The van der Waals surface area contributed by atoms with Crippen LogP contribution in [0.1, 0.15) is 186 Å². The molecule has 15 heteroatoms. The van der Waals surface area contributed by atoms with Gasteiger partial charge in [-0.05, 0) is 85.9 Å². The lowest BCUT2D eigenvalue weighted by molar-refractivity contribution is -0.137. The van der Waals surface area contributed by atoms with Crippen LogP contribution in [0.15, 0.2) is 0 Å². The van der Waals surface area contributed by atoms with E-state index in [1.165, 1.54) is 122 Å². The van der Waals surface area contributed by atoms with Gasteiger partial charge in [0, 0.05) is 45.7 Å². The number of hydrogen-bond acceptors (Lipinski definition) is 11. The second-order valence-corrected chi connectivity index (χ2v) is 21.8. The fourth-order valence-electron chi connectivity index (χ4n) is 7.25. The average Bonchev–Trinajstić information content (AvgIpc) is 3.26. The van der Waals surface area contributed by atoms with Gasteiger partial charge in [0.05, 0.1) is 16.8 Å². The maximum absolute atomic E-state index is 13.6. The summed E-state index contributed by atoms with van der Waals surface area (Å²) in [6, 6.07) is 0. The van der Waals surface area contributed by atoms with Gasteiger partial charge >= 0.3 is 5.97 Å². The molecule has 0 aromatic carbocycles. The minimum absolute atomic E-state index is 0.0541. The fraction of sp³-hybridized carbons (Fsp3) is 0.917. The van der Waals surface area contributed by atoms with E-state index in [1.54, 1.807) is 23.5 Å². The summed E-state index contributed by atoms with van der Waals surface area (Å²) in [5.74, 6) is 6.42. The molecule has 0 rings (SSSR count). The van der Waals surface area contributed by atoms with Gasteiger partial charge in [0.2, 0.25) is 17.7 Å². The van der Waals surface area contributed by atoms with E-state index in [9.17, 15) is 19.2 Å². The predicted molar refractivity (Wildman–Crippen MR) is 289 cm³/mol. The van der Waals surface area contributed by atoms with Crippen LogP contribution in [0.4, 0.5) is 0 Å². The molecule has 0 saturated heterocycles. The molecule has 0 fully saturated rings. The number of hydrogen-bond donors (Lipinski definition) is 7. The fourth-order valence-corrected chi connectivity index (χ4v) is 10.8. The number of aliphatic carboxylic acids is 1. The van der Waals surface area contributed by atoms with Crippen LogP contribution >= 0.6 is 73.2 Å². The van der Waals surface area contributed by atoms with Gasteiger partial charge in [-0.3, -0.25) is 24.1 Å². The molecule has 0 bridgehead atoms. The third-order valence-electron chi connectivity index (χ3n) is 11.1. The van der Waals surface area contributed by atoms with Crippen LogP contribution < -0.4 is 16.0 Å². The Hall–Kier alpha value is -0.0600. The van der Waals surface area contributed by atoms with Crippen molar-refractivity contribution in [3.05, 3.63) is 0 Å². The highest BCUT2D eigenvalue weighted by molar-refractivity contribution is 8.00. The van der Waals surface area contributed by atoms with Gasteiger partial charge in [0.15, 0.2) is 0 Å². The van der Waals surface area contributed by atoms with Crippen molar-refractivity contribution in [2.45, 2.75) is 191 Å². The molecular weight excluding hydrogens is 905 g/mol. The topological polar surface area (TPSA) is 128 Å². The van der Waals surface area contributed by atoms with Crippen LogP contribution in [0.2, 0.25) is 0 Å². The molecule has 0 spiro atoms. The first-order chi connectivity index (χ1) is 30.8. The minimum atomic E-state index is -0.702. The van der Waals surface area contributed by atoms with Gasteiger partial charge in [-0.25, -0.2) is 0 Å². The summed E-state index contributed by atoms with van der Waals surface area (Å²) in [5, 5.41) is 18.2. The Labute approximate surface area is 416 Å². The SMILES string of the molecule is O=C(O)CCCCCCCCCCCC(SCCCCCCCCS)C(=O)NCCN(CCNC(=O)CSCCCCCCCCS)CCNC(=O)CSCCCCCCCCS. The van der Waals surface area contributed by atoms with Crippen molar-refractivity contribution < 1.29 is 24.3 Å². The molecule has 372 valence electrons. The molecule has 63 heavy (non-hydrogen) atoms. The van der Waals surface area contributed by atoms with Gasteiger partial charge < -0.3 is 21.1 Å². The predicted octanol–water partition coefficient (Wildman–Crippen LogP) is 11.4. The average molecular weight is 1000 g/mol. The minimum Gasteiger partial charge on any atom is -0.481 e. The molecule has 1 atom stereocenters. The first-order valence-electron chi connectivity index (χ1n) is 25.2. The summed E-state index contributed by atoms with van der Waals surface area (Å²) in [5.41, 5.74) is 0. The zero-order valence-electron chi connectivity index (χ0n) is 39.6. The maximum atomic E-state index is 13.6. The Morgan fingerprint density at radius 1 is 0.444 bits per heavy atom. The first-order valence-corrected chi connectivity index (χ1v) is 30.4. The lowest BCUT2D eigenvalue weighted by atomic mass is 10.0. The second kappa shape index (κ2) is 51.3. The van der Waals surface area contributed by atoms with E-state index in [0.717, 1.165) is 92.3 Å². The van der Waals surface area contributed by atoms with Crippen molar-refractivity contribution in [1.29, 1.82) is 0 Å². The highest BCUT2D eigenvalue weighted by Crippen LogP contribution is 2.22. The van der Waals surface area contributed by atoms with Crippen LogP contribution in [-0.4, -0.2) is 124 Å². The number of carboxylic acid groups (broad SMARTS) is 1. The molecule has 1 unspecified atom stereocenters. The van der Waals surface area contributed by atoms with Crippen molar-refractivity contribution in [2.24, 2.45) is 0 Å². The number of nitrogens with zero attached hydrogens (tertiary/aromatic N) is 1. The van der Waals surface area contributed by atoms with Gasteiger partial charge in [-0.15, -0.1) is 11.8 Å². The molecule has 3 amide bonds. The Bertz CT molecular complexity index is 1010. The number of amides is 3. The highest BCUT2D eigenvalue weighted by atomic mass is 32.2. The number of carboxylic acids is 1. The Morgan fingerprint density at radius 3 is 1.21 bits per heavy atom. The monoisotopic (exact) mass is 999 g/mol. The normalized spacial score (nSPS) is 11.9. The van der Waals surface area contributed by atoms with E-state index >= 15 is 0 Å². The molecule has 9 nitrogen and oxygen atoms in total. The number of unbranched alkanes of at least 4 members (excludes halogenated alkanes) is 23. The summed E-state index contributed by atoms with van der Waals surface area (Å²) < 4.78 is 0. The molecule has 0 radical (unpaired) electrons. The van der Waals surface area contributed by atoms with Crippen LogP contribution in [0.5, 0.6) is 0 Å². The lowest BCUT2D eigenvalue weighted by Gasteiger charge is -2.24. The van der Waals surface area contributed by atoms with E-state index in [0.29, 0.717) is 50.8 Å². The molecule has 0 aromatic heterocycles. The Balaban J connectivity index is 4.94. The smallest absolute Gasteiger partial charge is 0.303 e. The molecule has 0 saturated carbocycles. The van der Waals surface area contributed by atoms with Crippen LogP contribution in [0.25, 0.3) is 0 Å². The van der Waals surface area contributed by atoms with Crippen molar-refractivity contribution in [1.82, 2.24) is 20.9 Å². The number of carbonyl (C=O) groups excluding carboxylic acids is 3. The molecule has 0 aliphatic heterocycles. The number of carbonyl (C=O) groups is 4. The first kappa shape index (κ1) is 62.9. The van der Waals surface area contributed by atoms with E-state index < -0.39 is 5.97 Å². The highest BCUT2D eigenvalue weighted by Gasteiger charge is 2.19. The largest absolute Gasteiger partial charge is 0.481 e. The van der Waals surface area contributed by atoms with Gasteiger partial charge in [0.25, 0.3) is 0 Å². The summed E-state index contributed by atoms with van der Waals surface area (Å²) in [6.07, 6.45) is 32.9. The second-order valence-electron chi connectivity index (χ2n) is 16.9. The lowest BCUT2D eigenvalue weighted by Crippen LogP contribution is -2.44. The third-order valence-corrected chi connectivity index (χ3v) is 15.5. The Kier molecular flexibility index (Phi) is 51.3. The standard InChI is InChI=1S/C48H94N4O5S6/c53-45(42-61-39-25-17-9-6-14-22-36-58)49-30-33-52(34-31-50-46(54)43-62-40-26-18-10-7-15-23-37-59)35-32-51-48(57)44(63-41-27-19-11-8-16-24-38-60)28-20-12-4-2-1-3-5-13-21-29-47(55)56/h44,58-60H,1-43H2,(H,49,53)(H,50,54)(H,51,57)(H,55,56). The van der Waals surface area contributed by atoms with E-state index in [2.05, 4.69) is 58.7 Å². The zero-order chi connectivity index (χ0) is 46.1. The number of rotatable bonds is 51. The third kappa shape index (κ3) is 48.2. The van der Waals surface area contributed by atoms with Crippen molar-refractivity contribution in [3.8, 4) is 0 Å². The van der Waals surface area contributed by atoms with Crippen LogP contribution in [0, 0.1) is 0 Å².